The number of nitrogens with one attached hydrogen (secondary N) is 4. The number of benzene rings is 2. The first-order valence-corrected chi connectivity index (χ1v) is 16.3. The van der Waals surface area contributed by atoms with Crippen molar-refractivity contribution in [3.05, 3.63) is 48.0 Å². The molecule has 1 saturated heterocycles. The fraction of sp³-hybridized carbons (Fsp3) is 0.471. The Hall–Kier alpha value is -5.22. The van der Waals surface area contributed by atoms with Gasteiger partial charge in [-0.2, -0.15) is 0 Å². The molecule has 0 unspecified atom stereocenters. The lowest BCUT2D eigenvalue weighted by atomic mass is 9.95. The maximum atomic E-state index is 13.7. The summed E-state index contributed by atoms with van der Waals surface area (Å²) in [5.41, 5.74) is 12.2. The van der Waals surface area contributed by atoms with E-state index < -0.39 is 89.7 Å². The van der Waals surface area contributed by atoms with Gasteiger partial charge in [-0.05, 0) is 42.0 Å². The minimum Gasteiger partial charge on any atom is -0.396 e. The van der Waals surface area contributed by atoms with Crippen LogP contribution in [-0.2, 0) is 44.8 Å². The first-order chi connectivity index (χ1) is 23.6. The Morgan fingerprint density at radius 3 is 2.22 bits per heavy atom. The van der Waals surface area contributed by atoms with E-state index in [2.05, 4.69) is 21.3 Å². The number of hydrogen-bond acceptors (Lipinski definition) is 10. The van der Waals surface area contributed by atoms with E-state index in [0.717, 1.165) is 16.3 Å². The van der Waals surface area contributed by atoms with E-state index in [1.165, 1.54) is 6.92 Å². The van der Waals surface area contributed by atoms with Crippen molar-refractivity contribution in [2.24, 2.45) is 17.4 Å². The van der Waals surface area contributed by atoms with Crippen molar-refractivity contribution in [1.82, 2.24) is 26.2 Å². The molecule has 0 spiro atoms. The second-order valence-corrected chi connectivity index (χ2v) is 12.5. The Balaban J connectivity index is 1.68. The van der Waals surface area contributed by atoms with E-state index in [0.29, 0.717) is 4.90 Å². The monoisotopic (exact) mass is 695 g/mol. The minimum atomic E-state index is -1.75. The molecule has 9 N–H and O–H groups in total. The maximum Gasteiger partial charge on any atom is 0.253 e. The molecule has 0 aliphatic carbocycles. The number of ketones is 1. The summed E-state index contributed by atoms with van der Waals surface area (Å²) >= 11 is 0. The average molecular weight is 696 g/mol. The van der Waals surface area contributed by atoms with Gasteiger partial charge in [0.1, 0.15) is 18.1 Å². The number of hydrogen-bond donors (Lipinski definition) is 7. The molecule has 3 rings (SSSR count). The van der Waals surface area contributed by atoms with Crippen LogP contribution in [0.25, 0.3) is 10.8 Å². The Labute approximate surface area is 289 Å². The van der Waals surface area contributed by atoms with Gasteiger partial charge in [0, 0.05) is 26.0 Å². The largest absolute Gasteiger partial charge is 0.396 e. The van der Waals surface area contributed by atoms with Crippen molar-refractivity contribution >= 4 is 57.9 Å². The summed E-state index contributed by atoms with van der Waals surface area (Å²) in [5.74, 6) is -7.41. The quantitative estimate of drug-likeness (QED) is 0.0773. The van der Waals surface area contributed by atoms with Crippen LogP contribution in [0.1, 0.15) is 52.0 Å². The molecule has 1 aliphatic rings. The van der Waals surface area contributed by atoms with Crippen LogP contribution in [0.5, 0.6) is 0 Å². The molecular weight excluding hydrogens is 650 g/mol. The molecule has 2 aromatic carbocycles. The highest BCUT2D eigenvalue weighted by molar-refractivity contribution is 6.16. The predicted molar refractivity (Wildman–Crippen MR) is 180 cm³/mol. The van der Waals surface area contributed by atoms with Crippen molar-refractivity contribution < 1.29 is 43.5 Å². The van der Waals surface area contributed by atoms with Crippen molar-refractivity contribution in [2.45, 2.75) is 83.1 Å². The molecule has 1 aliphatic heterocycles. The van der Waals surface area contributed by atoms with Gasteiger partial charge in [-0.25, -0.2) is 0 Å². The van der Waals surface area contributed by atoms with Gasteiger partial charge < -0.3 is 37.8 Å². The number of nitrogens with two attached hydrogens (primary N) is 2. The van der Waals surface area contributed by atoms with Crippen molar-refractivity contribution in [3.8, 4) is 0 Å². The number of Topliss-reactive ketones (excluding diaryl/α,β-unsaturated/α-hetero) is 1. The highest BCUT2D eigenvalue weighted by atomic mass is 16.3. The molecule has 1 heterocycles. The summed E-state index contributed by atoms with van der Waals surface area (Å²) in [4.78, 5) is 104. The molecular formula is C34H45N7O9. The van der Waals surface area contributed by atoms with Gasteiger partial charge in [0.25, 0.3) is 11.8 Å². The number of amides is 7. The molecule has 50 heavy (non-hydrogen) atoms. The number of aliphatic hydroxyl groups is 1. The van der Waals surface area contributed by atoms with Gasteiger partial charge in [-0.3, -0.25) is 43.3 Å². The lowest BCUT2D eigenvalue weighted by Crippen LogP contribution is -2.64. The standard InChI is InChI=1S/C34H45N7O9/c1-18(2)28(34(50)41-27(45)12-11-25(43)29(41)33(49)37-13-6-14-42)40-30(46)19(3)38-32(48)24(17-26(36)44)39-31(47)23(35)16-20-9-10-21-7-4-5-8-22(21)15-20/h4-5,7-10,15,18-19,23-24,28-29,42H,6,11-14,16-17,35H2,1-3H3,(H2,36,44)(H,37,49)(H,38,48)(H,39,47)(H,40,46)/t19-,23-,24-,28-,29-/m0/s1. The van der Waals surface area contributed by atoms with Crippen LogP contribution in [0.15, 0.2) is 42.5 Å². The van der Waals surface area contributed by atoms with Crippen LogP contribution in [0, 0.1) is 5.92 Å². The third kappa shape index (κ3) is 10.4. The lowest BCUT2D eigenvalue weighted by Gasteiger charge is -2.35. The van der Waals surface area contributed by atoms with Crippen LogP contribution in [0.3, 0.4) is 0 Å². The Bertz CT molecular complexity index is 1630. The Morgan fingerprint density at radius 2 is 1.58 bits per heavy atom. The van der Waals surface area contributed by atoms with Gasteiger partial charge in [0.05, 0.1) is 12.5 Å². The zero-order chi connectivity index (χ0) is 37.1. The second-order valence-electron chi connectivity index (χ2n) is 12.5. The first-order valence-electron chi connectivity index (χ1n) is 16.3. The Morgan fingerprint density at radius 1 is 0.900 bits per heavy atom. The molecule has 270 valence electrons. The molecule has 2 aromatic rings. The normalized spacial score (nSPS) is 17.0. The summed E-state index contributed by atoms with van der Waals surface area (Å²) in [7, 11) is 0. The number of primary amides is 1. The highest BCUT2D eigenvalue weighted by Crippen LogP contribution is 2.20. The average Bonchev–Trinajstić information content (AvgIpc) is 3.06. The van der Waals surface area contributed by atoms with Crippen LogP contribution in [0.2, 0.25) is 0 Å². The topological polar surface area (TPSA) is 260 Å². The van der Waals surface area contributed by atoms with E-state index in [1.807, 2.05) is 42.5 Å². The molecule has 7 amide bonds. The van der Waals surface area contributed by atoms with Gasteiger partial charge in [-0.1, -0.05) is 56.3 Å². The van der Waals surface area contributed by atoms with Crippen molar-refractivity contribution in [1.29, 1.82) is 0 Å². The maximum absolute atomic E-state index is 13.7. The summed E-state index contributed by atoms with van der Waals surface area (Å²) in [5, 5.41) is 20.7. The third-order valence-corrected chi connectivity index (χ3v) is 8.16. The predicted octanol–water partition coefficient (Wildman–Crippen LogP) is -1.70. The fourth-order valence-electron chi connectivity index (χ4n) is 5.40. The minimum absolute atomic E-state index is 0.00444. The molecule has 0 aromatic heterocycles. The first kappa shape index (κ1) is 39.2. The number of piperidine rings is 1. The molecule has 1 fully saturated rings. The number of fused-ring (bicyclic) bond motifs is 1. The molecule has 0 bridgehead atoms. The molecule has 16 nitrogen and oxygen atoms in total. The van der Waals surface area contributed by atoms with Crippen LogP contribution in [0.4, 0.5) is 0 Å². The number of carbonyl (C=O) groups is 8. The number of nitrogens with zero attached hydrogens (tertiary/aromatic N) is 1. The summed E-state index contributed by atoms with van der Waals surface area (Å²) in [6.45, 7) is 4.20. The molecule has 0 radical (unpaired) electrons. The third-order valence-electron chi connectivity index (χ3n) is 8.16. The summed E-state index contributed by atoms with van der Waals surface area (Å²) in [6.07, 6.45) is -0.851. The summed E-state index contributed by atoms with van der Waals surface area (Å²) in [6, 6.07) is 6.20. The van der Waals surface area contributed by atoms with Crippen LogP contribution >= 0.6 is 0 Å². The van der Waals surface area contributed by atoms with Gasteiger partial charge in [0.15, 0.2) is 11.8 Å². The van der Waals surface area contributed by atoms with Gasteiger partial charge in [-0.15, -0.1) is 0 Å². The number of carbonyl (C=O) groups excluding carboxylic acids is 8. The number of likely N-dealkylation sites (tertiary alicyclic amines) is 1. The van der Waals surface area contributed by atoms with Gasteiger partial charge in [0.2, 0.25) is 29.5 Å². The Kier molecular flexibility index (Phi) is 14.1. The van der Waals surface area contributed by atoms with Crippen LogP contribution < -0.4 is 32.7 Å². The highest BCUT2D eigenvalue weighted by Gasteiger charge is 2.46. The van der Waals surface area contributed by atoms with Crippen LogP contribution in [-0.4, -0.2) is 101 Å². The van der Waals surface area contributed by atoms with E-state index in [1.54, 1.807) is 13.8 Å². The smallest absolute Gasteiger partial charge is 0.253 e. The van der Waals surface area contributed by atoms with Crippen molar-refractivity contribution in [2.75, 3.05) is 13.2 Å². The second kappa shape index (κ2) is 18.0. The van der Waals surface area contributed by atoms with Gasteiger partial charge >= 0.3 is 0 Å². The fourth-order valence-corrected chi connectivity index (χ4v) is 5.40. The van der Waals surface area contributed by atoms with E-state index in [-0.39, 0.29) is 38.8 Å². The summed E-state index contributed by atoms with van der Waals surface area (Å²) < 4.78 is 0. The lowest BCUT2D eigenvalue weighted by molar-refractivity contribution is -0.161. The zero-order valence-corrected chi connectivity index (χ0v) is 28.3. The number of aliphatic hydroxyl groups excluding tert-OH is 1. The molecule has 5 atom stereocenters. The zero-order valence-electron chi connectivity index (χ0n) is 28.3. The molecule has 0 saturated carbocycles. The van der Waals surface area contributed by atoms with Crippen molar-refractivity contribution in [3.63, 3.8) is 0 Å². The molecule has 16 heteroatoms. The van der Waals surface area contributed by atoms with E-state index in [9.17, 15) is 38.4 Å². The van der Waals surface area contributed by atoms with E-state index >= 15 is 0 Å². The SMILES string of the molecule is CC(C)[C@H](NC(=O)[C@H](C)NC(=O)[C@H](CC(N)=O)NC(=O)[C@@H](N)Cc1ccc2ccccc2c1)C(=O)N1C(=O)CCC(=O)[C@H]1C(=O)NCCCO. The number of imide groups is 1. The number of rotatable bonds is 16. The van der Waals surface area contributed by atoms with E-state index in [4.69, 9.17) is 16.6 Å².